The first-order valence-electron chi connectivity index (χ1n) is 12.2. The molecular weight excluding hydrogens is 514 g/mol. The Kier molecular flexibility index (Phi) is 11.7. The first-order chi connectivity index (χ1) is 18.4. The summed E-state index contributed by atoms with van der Waals surface area (Å²) in [4.78, 5) is 42.0. The molecule has 14 nitrogen and oxygen atoms in total. The molecule has 39 heavy (non-hydrogen) atoms. The number of methoxy groups -OCH3 is 1. The molecule has 216 valence electrons. The van der Waals surface area contributed by atoms with Crippen LogP contribution in [0.2, 0.25) is 0 Å². The third-order valence-corrected chi connectivity index (χ3v) is 5.84. The van der Waals surface area contributed by atoms with Crippen molar-refractivity contribution >= 4 is 23.8 Å². The van der Waals surface area contributed by atoms with Gasteiger partial charge in [0.15, 0.2) is 12.1 Å². The van der Waals surface area contributed by atoms with Gasteiger partial charge in [0, 0.05) is 19.6 Å². The molecule has 9 N–H and O–H groups in total. The van der Waals surface area contributed by atoms with Crippen LogP contribution in [0, 0.1) is 5.92 Å². The van der Waals surface area contributed by atoms with Crippen LogP contribution in [0.25, 0.3) is 0 Å². The van der Waals surface area contributed by atoms with Crippen LogP contribution in [0.1, 0.15) is 32.6 Å². The molecular formula is C25H37N5O9. The Balaban J connectivity index is 2.48. The zero-order valence-electron chi connectivity index (χ0n) is 22.2. The molecule has 0 radical (unpaired) electrons. The zero-order chi connectivity index (χ0) is 29.3. The quantitative estimate of drug-likeness (QED) is 0.0758. The van der Waals surface area contributed by atoms with E-state index in [4.69, 9.17) is 36.1 Å². The van der Waals surface area contributed by atoms with Crippen LogP contribution in [0.3, 0.4) is 0 Å². The topological polar surface area (TPSA) is 231 Å². The summed E-state index contributed by atoms with van der Waals surface area (Å²) in [5, 5.41) is 22.5. The van der Waals surface area contributed by atoms with Crippen LogP contribution in [0.5, 0.6) is 0 Å². The van der Waals surface area contributed by atoms with Gasteiger partial charge in [-0.3, -0.25) is 9.59 Å². The van der Waals surface area contributed by atoms with E-state index in [1.807, 2.05) is 0 Å². The summed E-state index contributed by atoms with van der Waals surface area (Å²) in [6.45, 7) is 3.99. The highest BCUT2D eigenvalue weighted by atomic mass is 16.7. The molecule has 14 heteroatoms. The van der Waals surface area contributed by atoms with Crippen molar-refractivity contribution in [2.45, 2.75) is 63.5 Å². The number of nitrogens with one attached hydrogen (secondary N) is 1. The van der Waals surface area contributed by atoms with Gasteiger partial charge in [-0.2, -0.15) is 0 Å². The maximum Gasteiger partial charge on any atom is 0.376 e. The normalized spacial score (nSPS) is 21.8. The van der Waals surface area contributed by atoms with Crippen molar-refractivity contribution in [3.63, 3.8) is 0 Å². The molecule has 0 bridgehead atoms. The summed E-state index contributed by atoms with van der Waals surface area (Å²) >= 11 is 0. The van der Waals surface area contributed by atoms with E-state index in [0.717, 1.165) is 0 Å². The van der Waals surface area contributed by atoms with Crippen LogP contribution >= 0.6 is 0 Å². The fourth-order valence-corrected chi connectivity index (χ4v) is 3.79. The molecule has 1 aromatic carbocycles. The Morgan fingerprint density at radius 1 is 1.15 bits per heavy atom. The molecule has 1 heterocycles. The van der Waals surface area contributed by atoms with E-state index in [0.29, 0.717) is 5.56 Å². The lowest BCUT2D eigenvalue weighted by molar-refractivity contribution is -0.193. The van der Waals surface area contributed by atoms with Gasteiger partial charge in [-0.25, -0.2) is 9.79 Å². The molecule has 1 aliphatic rings. The van der Waals surface area contributed by atoms with Crippen molar-refractivity contribution in [2.24, 2.45) is 28.1 Å². The Morgan fingerprint density at radius 3 is 2.31 bits per heavy atom. The van der Waals surface area contributed by atoms with E-state index in [-0.39, 0.29) is 11.9 Å². The fourth-order valence-electron chi connectivity index (χ4n) is 3.79. The molecule has 0 spiro atoms. The lowest BCUT2D eigenvalue weighted by Crippen LogP contribution is -2.60. The average Bonchev–Trinajstić information content (AvgIpc) is 2.89. The number of esters is 2. The summed E-state index contributed by atoms with van der Waals surface area (Å²) in [7, 11) is 1.24. The van der Waals surface area contributed by atoms with Crippen molar-refractivity contribution in [3.05, 3.63) is 47.7 Å². The van der Waals surface area contributed by atoms with E-state index in [9.17, 15) is 24.6 Å². The van der Waals surface area contributed by atoms with Crippen molar-refractivity contribution in [1.29, 1.82) is 0 Å². The van der Waals surface area contributed by atoms with Gasteiger partial charge in [0.25, 0.3) is 6.29 Å². The number of carbonyl (C=O) groups excluding carboxylic acids is 3. The van der Waals surface area contributed by atoms with E-state index in [1.54, 1.807) is 44.2 Å². The summed E-state index contributed by atoms with van der Waals surface area (Å²) in [6, 6.07) is 5.13. The number of carbonyl (C=O) groups is 3. The Bertz CT molecular complexity index is 1050. The number of hydrogen-bond acceptors (Lipinski definition) is 11. The van der Waals surface area contributed by atoms with Crippen molar-refractivity contribution < 1.29 is 43.5 Å². The molecule has 0 fully saturated rings. The average molecular weight is 552 g/mol. The largest absolute Gasteiger partial charge is 0.478 e. The lowest BCUT2D eigenvalue weighted by Gasteiger charge is -2.40. The summed E-state index contributed by atoms with van der Waals surface area (Å²) in [5.74, 6) is -3.40. The van der Waals surface area contributed by atoms with Crippen molar-refractivity contribution in [2.75, 3.05) is 13.7 Å². The lowest BCUT2D eigenvalue weighted by atomic mass is 9.92. The third-order valence-electron chi connectivity index (χ3n) is 5.84. The van der Waals surface area contributed by atoms with Gasteiger partial charge < -0.3 is 51.7 Å². The molecule has 0 saturated carbocycles. The van der Waals surface area contributed by atoms with Crippen LogP contribution in [-0.4, -0.2) is 84.2 Å². The molecule has 2 rings (SSSR count). The molecule has 1 amide bonds. The number of ether oxygens (including phenoxy) is 4. The van der Waals surface area contributed by atoms with Gasteiger partial charge in [-0.05, 0) is 12.0 Å². The zero-order valence-corrected chi connectivity index (χ0v) is 22.2. The first kappa shape index (κ1) is 31.5. The van der Waals surface area contributed by atoms with Gasteiger partial charge in [-0.1, -0.05) is 44.2 Å². The first-order valence-corrected chi connectivity index (χ1v) is 12.2. The van der Waals surface area contributed by atoms with E-state index in [2.05, 4.69) is 10.3 Å². The monoisotopic (exact) mass is 551 g/mol. The van der Waals surface area contributed by atoms with Crippen LogP contribution in [0.4, 0.5) is 0 Å². The second kappa shape index (κ2) is 14.4. The van der Waals surface area contributed by atoms with Gasteiger partial charge in [-0.15, -0.1) is 0 Å². The molecule has 7 atom stereocenters. The molecule has 0 aliphatic carbocycles. The summed E-state index contributed by atoms with van der Waals surface area (Å²) < 4.78 is 22.1. The Hall–Kier alpha value is -3.72. The summed E-state index contributed by atoms with van der Waals surface area (Å²) in [6.07, 6.45) is -4.27. The number of nitrogens with two attached hydrogens (primary N) is 3. The van der Waals surface area contributed by atoms with E-state index >= 15 is 0 Å². The SMILES string of the molecule is CO[C@H]([C@@H]1OC(C(=O)OC(OC(=O)[C@H](N)C(C)C)c2ccccc2)=C[C@H](N=C(N)N)[C@H]1NC(C)=O)[C@H](O)CO. The number of guanidine groups is 1. The number of benzene rings is 1. The number of aliphatic imine (C=N–C) groups is 1. The Labute approximate surface area is 226 Å². The van der Waals surface area contributed by atoms with Gasteiger partial charge in [0.2, 0.25) is 11.7 Å². The standard InChI is InChI=1S/C25H37N5O9/c1-12(2)18(26)23(35)39-24(14-8-6-5-7-9-14)38-22(34)17-10-15(30-25(27)28)19(29-13(3)32)21(37-17)20(36-4)16(33)11-31/h5-10,12,15-16,18-21,24,31,33H,11,26H2,1-4H3,(H,29,32)(H4,27,28,30)/t15-,16+,18+,19+,20-,21+,24?/m0/s1. The number of aliphatic hydroxyl groups excluding tert-OH is 2. The second-order valence-corrected chi connectivity index (χ2v) is 9.19. The minimum atomic E-state index is -1.49. The minimum Gasteiger partial charge on any atom is -0.478 e. The molecule has 0 aromatic heterocycles. The van der Waals surface area contributed by atoms with E-state index < -0.39 is 72.9 Å². The predicted octanol–water partition coefficient (Wildman–Crippen LogP) is -1.45. The smallest absolute Gasteiger partial charge is 0.376 e. The number of nitrogens with zero attached hydrogens (tertiary/aromatic N) is 1. The fraction of sp³-hybridized carbons (Fsp3) is 0.520. The molecule has 1 unspecified atom stereocenters. The van der Waals surface area contributed by atoms with Crippen molar-refractivity contribution in [1.82, 2.24) is 5.32 Å². The number of rotatable bonds is 12. The number of hydrogen-bond donors (Lipinski definition) is 6. The minimum absolute atomic E-state index is 0.246. The third kappa shape index (κ3) is 8.64. The van der Waals surface area contributed by atoms with Gasteiger partial charge in [0.05, 0.1) is 18.7 Å². The van der Waals surface area contributed by atoms with Gasteiger partial charge in [0.1, 0.15) is 18.2 Å². The second-order valence-electron chi connectivity index (χ2n) is 9.19. The highest BCUT2D eigenvalue weighted by molar-refractivity contribution is 5.87. The molecule has 1 aromatic rings. The Morgan fingerprint density at radius 2 is 1.79 bits per heavy atom. The van der Waals surface area contributed by atoms with E-state index in [1.165, 1.54) is 20.1 Å². The summed E-state index contributed by atoms with van der Waals surface area (Å²) in [5.41, 5.74) is 17.4. The molecule has 0 saturated heterocycles. The van der Waals surface area contributed by atoms with Crippen LogP contribution in [-0.2, 0) is 33.3 Å². The maximum atomic E-state index is 13.3. The van der Waals surface area contributed by atoms with Crippen molar-refractivity contribution in [3.8, 4) is 0 Å². The number of aliphatic hydroxyl groups is 2. The highest BCUT2D eigenvalue weighted by Crippen LogP contribution is 2.29. The maximum absolute atomic E-state index is 13.3. The highest BCUT2D eigenvalue weighted by Gasteiger charge is 2.45. The molecule has 1 aliphatic heterocycles. The number of amides is 1. The van der Waals surface area contributed by atoms with Gasteiger partial charge >= 0.3 is 11.9 Å². The van der Waals surface area contributed by atoms with Crippen LogP contribution < -0.4 is 22.5 Å². The predicted molar refractivity (Wildman–Crippen MR) is 138 cm³/mol. The van der Waals surface area contributed by atoms with Crippen LogP contribution in [0.15, 0.2) is 47.2 Å².